The van der Waals surface area contributed by atoms with Crippen molar-refractivity contribution in [2.45, 2.75) is 26.0 Å². The van der Waals surface area contributed by atoms with Crippen LogP contribution in [0.3, 0.4) is 0 Å². The molecule has 4 heteroatoms. The average Bonchev–Trinajstić information content (AvgIpc) is 1.84. The van der Waals surface area contributed by atoms with Crippen LogP contribution in [0.1, 0.15) is 13.8 Å². The van der Waals surface area contributed by atoms with Gasteiger partial charge in [0.1, 0.15) is 6.04 Å². The second-order valence-electron chi connectivity index (χ2n) is 2.46. The number of aliphatic hydroxyl groups excluding tert-OH is 1. The molecule has 3 atom stereocenters. The third-order valence-corrected chi connectivity index (χ3v) is 1.61. The Labute approximate surface area is 59.7 Å². The number of carbonyl (C=O) groups is 1. The number of hydrogen-bond acceptors (Lipinski definition) is 3. The summed E-state index contributed by atoms with van der Waals surface area (Å²) in [6.45, 7) is 3.12. The van der Waals surface area contributed by atoms with E-state index >= 15 is 0 Å². The molecule has 0 saturated heterocycles. The van der Waals surface area contributed by atoms with Crippen LogP contribution in [0.2, 0.25) is 0 Å². The van der Waals surface area contributed by atoms with Gasteiger partial charge in [0, 0.05) is 5.92 Å². The van der Waals surface area contributed by atoms with E-state index in [0.717, 1.165) is 0 Å². The maximum atomic E-state index is 10.2. The van der Waals surface area contributed by atoms with Crippen LogP contribution in [0.25, 0.3) is 0 Å². The van der Waals surface area contributed by atoms with Crippen LogP contribution in [0.5, 0.6) is 0 Å². The second-order valence-corrected chi connectivity index (χ2v) is 2.46. The summed E-state index contributed by atoms with van der Waals surface area (Å²) in [5, 5.41) is 17.3. The van der Waals surface area contributed by atoms with Gasteiger partial charge < -0.3 is 15.9 Å². The topological polar surface area (TPSA) is 83.5 Å². The average molecular weight is 147 g/mol. The number of aliphatic carboxylic acids is 1. The first-order chi connectivity index (χ1) is 4.46. The van der Waals surface area contributed by atoms with Crippen LogP contribution in [-0.4, -0.2) is 28.3 Å². The van der Waals surface area contributed by atoms with Crippen molar-refractivity contribution in [3.05, 3.63) is 0 Å². The number of carboxylic acids is 1. The molecule has 0 spiro atoms. The van der Waals surface area contributed by atoms with Crippen LogP contribution >= 0.6 is 0 Å². The minimum Gasteiger partial charge on any atom is -0.480 e. The zero-order valence-corrected chi connectivity index (χ0v) is 6.11. The Kier molecular flexibility index (Phi) is 3.32. The van der Waals surface area contributed by atoms with Gasteiger partial charge in [0.15, 0.2) is 0 Å². The number of aliphatic hydroxyl groups is 1. The first-order valence-electron chi connectivity index (χ1n) is 3.13. The smallest absolute Gasteiger partial charge is 0.320 e. The molecule has 0 unspecified atom stereocenters. The minimum absolute atomic E-state index is 0.405. The summed E-state index contributed by atoms with van der Waals surface area (Å²) >= 11 is 0. The molecule has 0 aliphatic rings. The van der Waals surface area contributed by atoms with Crippen molar-refractivity contribution < 1.29 is 15.0 Å². The van der Waals surface area contributed by atoms with Gasteiger partial charge in [0.05, 0.1) is 6.10 Å². The molecule has 0 aromatic rings. The lowest BCUT2D eigenvalue weighted by molar-refractivity contribution is -0.140. The molecule has 10 heavy (non-hydrogen) atoms. The highest BCUT2D eigenvalue weighted by atomic mass is 16.4. The van der Waals surface area contributed by atoms with Gasteiger partial charge >= 0.3 is 5.97 Å². The molecular formula is C6H13NO3. The van der Waals surface area contributed by atoms with Crippen LogP contribution in [-0.2, 0) is 4.79 Å². The highest BCUT2D eigenvalue weighted by Gasteiger charge is 2.23. The second kappa shape index (κ2) is 3.53. The maximum Gasteiger partial charge on any atom is 0.320 e. The van der Waals surface area contributed by atoms with Crippen molar-refractivity contribution >= 4 is 5.97 Å². The van der Waals surface area contributed by atoms with E-state index in [1.165, 1.54) is 6.92 Å². The molecule has 0 heterocycles. The van der Waals surface area contributed by atoms with Gasteiger partial charge in [-0.3, -0.25) is 4.79 Å². The molecule has 0 aliphatic heterocycles. The fourth-order valence-corrected chi connectivity index (χ4v) is 0.525. The number of carboxylic acid groups (broad SMARTS) is 1. The molecule has 4 nitrogen and oxygen atoms in total. The van der Waals surface area contributed by atoms with Crippen LogP contribution in [0.4, 0.5) is 0 Å². The summed E-state index contributed by atoms with van der Waals surface area (Å²) in [5.74, 6) is -1.48. The Morgan fingerprint density at radius 1 is 1.50 bits per heavy atom. The van der Waals surface area contributed by atoms with Gasteiger partial charge in [-0.2, -0.15) is 0 Å². The molecule has 0 bridgehead atoms. The third kappa shape index (κ3) is 2.33. The fraction of sp³-hybridized carbons (Fsp3) is 0.833. The lowest BCUT2D eigenvalue weighted by Crippen LogP contribution is -2.41. The molecule has 0 radical (unpaired) electrons. The highest BCUT2D eigenvalue weighted by Crippen LogP contribution is 2.05. The van der Waals surface area contributed by atoms with E-state index in [0.29, 0.717) is 0 Å². The predicted molar refractivity (Wildman–Crippen MR) is 36.5 cm³/mol. The minimum atomic E-state index is -1.08. The SMILES string of the molecule is C[C@@H]([C@H](C)O)[C@@H](N)C(=O)O. The van der Waals surface area contributed by atoms with Gasteiger partial charge in [-0.1, -0.05) is 6.92 Å². The normalized spacial score (nSPS) is 19.6. The fourth-order valence-electron chi connectivity index (χ4n) is 0.525. The first-order valence-corrected chi connectivity index (χ1v) is 3.13. The van der Waals surface area contributed by atoms with Crippen molar-refractivity contribution in [2.24, 2.45) is 11.7 Å². The van der Waals surface area contributed by atoms with Crippen LogP contribution in [0, 0.1) is 5.92 Å². The van der Waals surface area contributed by atoms with E-state index in [1.807, 2.05) is 0 Å². The molecule has 60 valence electrons. The molecule has 0 aromatic carbocycles. The van der Waals surface area contributed by atoms with Crippen LogP contribution < -0.4 is 5.73 Å². The zero-order valence-electron chi connectivity index (χ0n) is 6.11. The summed E-state index contributed by atoms with van der Waals surface area (Å²) in [6, 6.07) is -0.972. The summed E-state index contributed by atoms with van der Waals surface area (Å²) in [5.41, 5.74) is 5.20. The summed E-state index contributed by atoms with van der Waals surface area (Å²) in [4.78, 5) is 10.2. The standard InChI is InChI=1S/C6H13NO3/c1-3(4(2)8)5(7)6(9)10/h3-5,8H,7H2,1-2H3,(H,9,10)/t3-,4-,5+/m0/s1. The van der Waals surface area contributed by atoms with Gasteiger partial charge in [-0.15, -0.1) is 0 Å². The number of rotatable bonds is 3. The Balaban J connectivity index is 3.94. The third-order valence-electron chi connectivity index (χ3n) is 1.61. The first kappa shape index (κ1) is 9.39. The van der Waals surface area contributed by atoms with E-state index in [-0.39, 0.29) is 0 Å². The Bertz CT molecular complexity index is 124. The molecule has 0 amide bonds. The van der Waals surface area contributed by atoms with Crippen molar-refractivity contribution in [3.8, 4) is 0 Å². The lowest BCUT2D eigenvalue weighted by atomic mass is 9.98. The molecule has 0 fully saturated rings. The van der Waals surface area contributed by atoms with Crippen molar-refractivity contribution in [1.82, 2.24) is 0 Å². The number of hydrogen-bond donors (Lipinski definition) is 3. The maximum absolute atomic E-state index is 10.2. The van der Waals surface area contributed by atoms with Crippen molar-refractivity contribution in [2.75, 3.05) is 0 Å². The van der Waals surface area contributed by atoms with Gasteiger partial charge in [0.2, 0.25) is 0 Å². The van der Waals surface area contributed by atoms with Gasteiger partial charge in [-0.05, 0) is 6.92 Å². The molecular weight excluding hydrogens is 134 g/mol. The van der Waals surface area contributed by atoms with Crippen molar-refractivity contribution in [1.29, 1.82) is 0 Å². The summed E-state index contributed by atoms with van der Waals surface area (Å²) < 4.78 is 0. The summed E-state index contributed by atoms with van der Waals surface area (Å²) in [6.07, 6.45) is -0.675. The Morgan fingerprint density at radius 2 is 1.90 bits per heavy atom. The molecule has 0 aromatic heterocycles. The molecule has 0 rings (SSSR count). The van der Waals surface area contributed by atoms with Gasteiger partial charge in [-0.25, -0.2) is 0 Å². The largest absolute Gasteiger partial charge is 0.480 e. The van der Waals surface area contributed by atoms with E-state index in [1.54, 1.807) is 6.92 Å². The summed E-state index contributed by atoms with van der Waals surface area (Å²) in [7, 11) is 0. The molecule has 0 saturated carbocycles. The van der Waals surface area contributed by atoms with E-state index in [2.05, 4.69) is 0 Å². The highest BCUT2D eigenvalue weighted by molar-refractivity contribution is 5.73. The quantitative estimate of drug-likeness (QED) is 0.498. The van der Waals surface area contributed by atoms with E-state index in [9.17, 15) is 4.79 Å². The zero-order chi connectivity index (χ0) is 8.31. The molecule has 4 N–H and O–H groups in total. The monoisotopic (exact) mass is 147 g/mol. The van der Waals surface area contributed by atoms with E-state index in [4.69, 9.17) is 15.9 Å². The van der Waals surface area contributed by atoms with Crippen LogP contribution in [0.15, 0.2) is 0 Å². The van der Waals surface area contributed by atoms with Crippen molar-refractivity contribution in [3.63, 3.8) is 0 Å². The molecule has 0 aliphatic carbocycles. The Morgan fingerprint density at radius 3 is 2.00 bits per heavy atom. The predicted octanol–water partition coefficient (Wildman–Crippen LogP) is -0.585. The van der Waals surface area contributed by atoms with Gasteiger partial charge in [0.25, 0.3) is 0 Å². The Hall–Kier alpha value is -0.610. The van der Waals surface area contributed by atoms with E-state index < -0.39 is 24.0 Å². The number of nitrogens with two attached hydrogens (primary N) is 1. The lowest BCUT2D eigenvalue weighted by Gasteiger charge is -2.17.